The first-order valence-electron chi connectivity index (χ1n) is 49.6. The number of para-hydroxylation sites is 4. The second kappa shape index (κ2) is 33.1. The van der Waals surface area contributed by atoms with Crippen molar-refractivity contribution < 1.29 is 0 Å². The Morgan fingerprint density at radius 3 is 0.593 bits per heavy atom. The first kappa shape index (κ1) is 85.3. The van der Waals surface area contributed by atoms with Gasteiger partial charge in [0.1, 0.15) is 0 Å². The molecule has 0 N–H and O–H groups in total. The highest BCUT2D eigenvalue weighted by Gasteiger charge is 2.28. The summed E-state index contributed by atoms with van der Waals surface area (Å²) in [6.07, 6.45) is 0. The molecule has 680 valence electrons. The minimum absolute atomic E-state index is 0.125. The fourth-order valence-electron chi connectivity index (χ4n) is 23.0. The molecule has 29 rings (SSSR count). The molecule has 29 aromatic rings. The molecular weight excluding hydrogens is 1760 g/mol. The van der Waals surface area contributed by atoms with Crippen LogP contribution in [0.4, 0.5) is 51.2 Å². The molecule has 8 heteroatoms. The molecular formula is C137H92N8. The summed E-state index contributed by atoms with van der Waals surface area (Å²) in [6.45, 7) is 37.4. The van der Waals surface area contributed by atoms with Gasteiger partial charge in [0.2, 0.25) is 0 Å². The molecule has 145 heavy (non-hydrogen) atoms. The molecule has 0 saturated heterocycles. The van der Waals surface area contributed by atoms with Crippen molar-refractivity contribution in [2.75, 3.05) is 9.80 Å². The fourth-order valence-corrected chi connectivity index (χ4v) is 23.0. The van der Waals surface area contributed by atoms with Gasteiger partial charge in [0.05, 0.1) is 69.4 Å². The minimum Gasteiger partial charge on any atom is -0.310 e. The average molecular weight is 1850 g/mol. The van der Waals surface area contributed by atoms with Crippen molar-refractivity contribution >= 4 is 230 Å². The summed E-state index contributed by atoms with van der Waals surface area (Å²) in [7, 11) is 0. The summed E-state index contributed by atoms with van der Waals surface area (Å²) < 4.78 is 7.30. The van der Waals surface area contributed by atoms with Crippen LogP contribution in [-0.2, 0) is 10.8 Å². The largest absolute Gasteiger partial charge is 0.310 e. The van der Waals surface area contributed by atoms with E-state index in [9.17, 15) is 0 Å². The van der Waals surface area contributed by atoms with Gasteiger partial charge in [-0.1, -0.05) is 284 Å². The Labute approximate surface area is 838 Å². The third kappa shape index (κ3) is 14.2. The van der Waals surface area contributed by atoms with Crippen molar-refractivity contribution in [3.63, 3.8) is 0 Å². The van der Waals surface area contributed by atoms with Crippen LogP contribution < -0.4 is 9.80 Å². The third-order valence-corrected chi connectivity index (χ3v) is 30.2. The zero-order valence-corrected chi connectivity index (χ0v) is 80.8. The van der Waals surface area contributed by atoms with Gasteiger partial charge in [-0.3, -0.25) is 0 Å². The van der Waals surface area contributed by atoms with E-state index in [-0.39, 0.29) is 10.8 Å². The van der Waals surface area contributed by atoms with E-state index in [0.29, 0.717) is 17.1 Å². The van der Waals surface area contributed by atoms with Gasteiger partial charge in [-0.25, -0.2) is 14.5 Å². The zero-order chi connectivity index (χ0) is 97.4. The predicted octanol–water partition coefficient (Wildman–Crippen LogP) is 39.3. The van der Waals surface area contributed by atoms with Crippen LogP contribution in [-0.4, -0.2) is 13.2 Å². The minimum atomic E-state index is 0.125. The van der Waals surface area contributed by atoms with E-state index in [1.54, 1.807) is 0 Å². The molecule has 8 nitrogen and oxygen atoms in total. The maximum Gasteiger partial charge on any atom is 0.188 e. The molecule has 0 spiro atoms. The summed E-state index contributed by atoms with van der Waals surface area (Å²) in [5, 5.41) is 28.2. The van der Waals surface area contributed by atoms with Crippen molar-refractivity contribution in [2.45, 2.75) is 52.4 Å². The van der Waals surface area contributed by atoms with Crippen LogP contribution in [0.2, 0.25) is 0 Å². The SMILES string of the molecule is [C-]#[N+]c1cc2c3cc4ccc(-c5ccc(C(C)(C)C)cc5)cc4cc3n3c4cc5cc(-c6ccc(C(C)(C)C)cc6)ccc5cc4c(c1)c23.[C-]#[N+]c1cc2c3cc4ccc(-c5ccccc5)cc4cc3n3c4cc5cc(-c6ccccc6)ccc5cc4c(c1)c23.[C-]#[N+]c1cc2c3cc4ccc(N(c5ccccc5)c5ccccc5)cc4cc3n3c4cc5cc(N(c6ccccc6)c6ccccc6)ccc5cc4c(c1)c23. The van der Waals surface area contributed by atoms with E-state index in [1.165, 1.54) is 153 Å². The maximum atomic E-state index is 8.04. The molecule has 0 aliphatic carbocycles. The van der Waals surface area contributed by atoms with Crippen LogP contribution in [0.25, 0.3) is 238 Å². The second-order valence-electron chi connectivity index (χ2n) is 40.9. The predicted molar refractivity (Wildman–Crippen MR) is 616 cm³/mol. The van der Waals surface area contributed by atoms with Gasteiger partial charge < -0.3 is 23.0 Å². The van der Waals surface area contributed by atoms with Gasteiger partial charge in [0.15, 0.2) is 17.1 Å². The molecule has 0 aliphatic heterocycles. The summed E-state index contributed by atoms with van der Waals surface area (Å²) in [5.74, 6) is 0. The molecule has 0 aliphatic rings. The molecule has 6 heterocycles. The van der Waals surface area contributed by atoms with E-state index in [1.807, 2.05) is 0 Å². The van der Waals surface area contributed by atoms with Crippen molar-refractivity contribution in [3.8, 4) is 44.5 Å². The number of hydrogen-bond acceptors (Lipinski definition) is 2. The van der Waals surface area contributed by atoms with Crippen molar-refractivity contribution in [3.05, 3.63) is 494 Å². The Bertz CT molecular complexity index is 9840. The van der Waals surface area contributed by atoms with Crippen molar-refractivity contribution in [1.82, 2.24) is 13.2 Å². The molecule has 0 unspecified atom stereocenters. The maximum absolute atomic E-state index is 8.04. The molecule has 0 amide bonds. The Morgan fingerprint density at radius 2 is 0.372 bits per heavy atom. The lowest BCUT2D eigenvalue weighted by Gasteiger charge is -2.25. The van der Waals surface area contributed by atoms with E-state index >= 15 is 0 Å². The number of aromatic nitrogens is 3. The van der Waals surface area contributed by atoms with Crippen LogP contribution in [0.15, 0.2) is 449 Å². The standard InChI is InChI=1S/C51H32N4.C47H38N2.C39H22N2/c1-52-38-32-47-45-28-34-22-24-43(53(39-14-6-2-7-15-39)40-16-8-3-9-17-40)26-36(34)30-49(45)55-50-31-37-27-44(25-23-35(37)29-46(50)48(33-38)51(47)55)54(41-18-10-4-11-19-41)42-20-12-5-13-21-42;1-46(2,3)36-16-12-28(13-17-36)30-8-10-32-22-39-41-26-38(48-7)27-42-40-23-33-11-9-31(29-14-18-37(19-15-29)47(4,5)6)21-35(33)25-44(40)49(45(41)42)43(39)24-34(32)20-30;1-40-32-22-35-33-18-28-14-12-26(24-8-4-2-5-9-24)16-30(28)20-37(33)41-38-21-31-17-27(25-10-6-3-7-11-25)13-15-29(31)19-34(38)36(23-32)39(35)41/h2-33H;8-27H,1-6H3;2-23H. The lowest BCUT2D eigenvalue weighted by Crippen LogP contribution is -2.10. The third-order valence-electron chi connectivity index (χ3n) is 30.2. The molecule has 6 aromatic heterocycles. The lowest BCUT2D eigenvalue weighted by atomic mass is 9.86. The van der Waals surface area contributed by atoms with Gasteiger partial charge in [0, 0.05) is 66.4 Å². The van der Waals surface area contributed by atoms with Crippen LogP contribution in [0, 0.1) is 19.7 Å². The normalized spacial score (nSPS) is 12.0. The summed E-state index contributed by atoms with van der Waals surface area (Å²) in [6, 6.07) is 162. The van der Waals surface area contributed by atoms with Crippen molar-refractivity contribution in [1.29, 1.82) is 0 Å². The Hall–Kier alpha value is -18.9. The van der Waals surface area contributed by atoms with E-state index in [2.05, 4.69) is 528 Å². The summed E-state index contributed by atoms with van der Waals surface area (Å²) >= 11 is 0. The van der Waals surface area contributed by atoms with Crippen LogP contribution in [0.1, 0.15) is 52.7 Å². The van der Waals surface area contributed by atoms with Crippen LogP contribution in [0.3, 0.4) is 0 Å². The van der Waals surface area contributed by atoms with Crippen LogP contribution >= 0.6 is 0 Å². The number of anilines is 6. The zero-order valence-electron chi connectivity index (χ0n) is 80.8. The second-order valence-corrected chi connectivity index (χ2v) is 40.9. The van der Waals surface area contributed by atoms with Gasteiger partial charge >= 0.3 is 0 Å². The number of fused-ring (bicyclic) bond motifs is 24. The van der Waals surface area contributed by atoms with E-state index in [4.69, 9.17) is 19.7 Å². The molecule has 0 saturated carbocycles. The molecule has 0 fully saturated rings. The van der Waals surface area contributed by atoms with Crippen LogP contribution in [0.5, 0.6) is 0 Å². The molecule has 0 radical (unpaired) electrons. The molecule has 0 atom stereocenters. The first-order chi connectivity index (χ1) is 70.9. The quantitative estimate of drug-likeness (QED) is 0.128. The van der Waals surface area contributed by atoms with Gasteiger partial charge in [-0.05, 0) is 370 Å². The van der Waals surface area contributed by atoms with Crippen molar-refractivity contribution in [2.24, 2.45) is 0 Å². The first-order valence-corrected chi connectivity index (χ1v) is 49.6. The number of benzene rings is 23. The lowest BCUT2D eigenvalue weighted by molar-refractivity contribution is 0.590. The highest BCUT2D eigenvalue weighted by molar-refractivity contribution is 6.31. The Balaban J connectivity index is 0.000000109. The Kier molecular flexibility index (Phi) is 19.5. The number of nitrogens with zero attached hydrogens (tertiary/aromatic N) is 8. The molecule has 0 bridgehead atoms. The highest BCUT2D eigenvalue weighted by Crippen LogP contribution is 2.51. The topological polar surface area (TPSA) is 32.8 Å². The van der Waals surface area contributed by atoms with E-state index < -0.39 is 0 Å². The summed E-state index contributed by atoms with van der Waals surface area (Å²) in [4.78, 5) is 16.3. The summed E-state index contributed by atoms with van der Waals surface area (Å²) in [5.41, 5.74) is 31.9. The highest BCUT2D eigenvalue weighted by atomic mass is 15.1. The number of hydrogen-bond donors (Lipinski definition) is 0. The van der Waals surface area contributed by atoms with Gasteiger partial charge in [-0.2, -0.15) is 0 Å². The van der Waals surface area contributed by atoms with Gasteiger partial charge in [-0.15, -0.1) is 0 Å². The fraction of sp³-hybridized carbons (Fsp3) is 0.0584. The molecule has 23 aromatic carbocycles. The Morgan fingerprint density at radius 1 is 0.172 bits per heavy atom. The smallest absolute Gasteiger partial charge is 0.188 e. The average Bonchev–Trinajstić information content (AvgIpc) is 1.54. The monoisotopic (exact) mass is 1850 g/mol. The van der Waals surface area contributed by atoms with E-state index in [0.717, 1.165) is 115 Å². The van der Waals surface area contributed by atoms with Gasteiger partial charge in [0.25, 0.3) is 0 Å². The number of rotatable bonds is 10.